The third-order valence-electron chi connectivity index (χ3n) is 3.34. The fraction of sp³-hybridized carbons (Fsp3) is 0.625. The predicted molar refractivity (Wildman–Crippen MR) is 80.4 cm³/mol. The van der Waals surface area contributed by atoms with E-state index in [1.165, 1.54) is 0 Å². The molecule has 2 heterocycles. The van der Waals surface area contributed by atoms with Gasteiger partial charge in [-0.25, -0.2) is 9.78 Å². The van der Waals surface area contributed by atoms with E-state index in [1.807, 2.05) is 46.8 Å². The molecule has 0 aliphatic carbocycles. The summed E-state index contributed by atoms with van der Waals surface area (Å²) in [5.41, 5.74) is 0.617. The number of carbonyl (C=O) groups is 1. The Bertz CT molecular complexity index is 493. The van der Waals surface area contributed by atoms with Crippen LogP contribution in [0.2, 0.25) is 0 Å². The van der Waals surface area contributed by atoms with Crippen LogP contribution in [0.15, 0.2) is 18.3 Å². The van der Waals surface area contributed by atoms with Gasteiger partial charge in [0.1, 0.15) is 11.7 Å². The van der Waals surface area contributed by atoms with Crippen LogP contribution in [0.1, 0.15) is 39.7 Å². The maximum absolute atomic E-state index is 12.1. The number of rotatable bonds is 2. The molecule has 1 aliphatic rings. The highest BCUT2D eigenvalue weighted by Gasteiger charge is 2.36. The smallest absolute Gasteiger partial charge is 0.410 e. The van der Waals surface area contributed by atoms with Crippen LogP contribution in [0.3, 0.4) is 0 Å². The van der Waals surface area contributed by atoms with Crippen LogP contribution in [0, 0.1) is 6.92 Å². The van der Waals surface area contributed by atoms with E-state index in [0.717, 1.165) is 12.0 Å². The monoisotopic (exact) mass is 292 g/mol. The summed E-state index contributed by atoms with van der Waals surface area (Å²) in [5.74, 6) is 0.601. The van der Waals surface area contributed by atoms with E-state index in [1.54, 1.807) is 11.1 Å². The quantitative estimate of drug-likeness (QED) is 0.840. The summed E-state index contributed by atoms with van der Waals surface area (Å²) in [5, 5.41) is 0. The summed E-state index contributed by atoms with van der Waals surface area (Å²) in [7, 11) is 0. The lowest BCUT2D eigenvalue weighted by molar-refractivity contribution is 0.0223. The number of hydrogen-bond donors (Lipinski definition) is 0. The molecule has 2 rings (SSSR count). The van der Waals surface area contributed by atoms with Crippen LogP contribution in [0.4, 0.5) is 4.79 Å². The van der Waals surface area contributed by atoms with E-state index >= 15 is 0 Å². The molecule has 5 nitrogen and oxygen atoms in total. The van der Waals surface area contributed by atoms with Crippen molar-refractivity contribution in [3.63, 3.8) is 0 Å². The number of aromatic nitrogens is 1. The minimum atomic E-state index is -0.478. The molecule has 21 heavy (non-hydrogen) atoms. The molecule has 1 fully saturated rings. The van der Waals surface area contributed by atoms with Crippen LogP contribution in [-0.2, 0) is 4.74 Å². The Kier molecular flexibility index (Phi) is 4.40. The normalized spacial score (nSPS) is 22.2. The van der Waals surface area contributed by atoms with Gasteiger partial charge in [-0.3, -0.25) is 0 Å². The molecule has 0 saturated carbocycles. The number of aryl methyl sites for hydroxylation is 1. The third-order valence-corrected chi connectivity index (χ3v) is 3.34. The molecule has 0 spiro atoms. The lowest BCUT2D eigenvalue weighted by Gasteiger charge is -2.26. The van der Waals surface area contributed by atoms with Crippen molar-refractivity contribution in [1.82, 2.24) is 9.88 Å². The lowest BCUT2D eigenvalue weighted by atomic mass is 10.2. The maximum atomic E-state index is 12.1. The van der Waals surface area contributed by atoms with E-state index in [2.05, 4.69) is 4.98 Å². The Hall–Kier alpha value is -1.78. The van der Waals surface area contributed by atoms with Crippen molar-refractivity contribution in [2.45, 2.75) is 58.8 Å². The molecule has 2 atom stereocenters. The summed E-state index contributed by atoms with van der Waals surface area (Å²) in [6.45, 7) is 10.1. The highest BCUT2D eigenvalue weighted by atomic mass is 16.6. The highest BCUT2D eigenvalue weighted by molar-refractivity contribution is 5.69. The van der Waals surface area contributed by atoms with E-state index < -0.39 is 5.60 Å². The van der Waals surface area contributed by atoms with Gasteiger partial charge in [-0.2, -0.15) is 0 Å². The number of hydrogen-bond acceptors (Lipinski definition) is 4. The maximum Gasteiger partial charge on any atom is 0.410 e. The van der Waals surface area contributed by atoms with Crippen LogP contribution >= 0.6 is 0 Å². The Morgan fingerprint density at radius 2 is 2.10 bits per heavy atom. The molecule has 0 N–H and O–H groups in total. The molecule has 1 aliphatic heterocycles. The first-order valence-corrected chi connectivity index (χ1v) is 7.33. The Balaban J connectivity index is 1.94. The van der Waals surface area contributed by atoms with Gasteiger partial charge in [-0.15, -0.1) is 0 Å². The molecule has 5 heteroatoms. The van der Waals surface area contributed by atoms with Gasteiger partial charge in [0.2, 0.25) is 5.88 Å². The Labute approximate surface area is 126 Å². The molecule has 0 bridgehead atoms. The second-order valence-electron chi connectivity index (χ2n) is 6.63. The molecule has 1 aromatic heterocycles. The van der Waals surface area contributed by atoms with Crippen molar-refractivity contribution in [1.29, 1.82) is 0 Å². The zero-order valence-electron chi connectivity index (χ0n) is 13.4. The Morgan fingerprint density at radius 3 is 2.67 bits per heavy atom. The van der Waals surface area contributed by atoms with Gasteiger partial charge >= 0.3 is 6.09 Å². The second-order valence-corrected chi connectivity index (χ2v) is 6.63. The van der Waals surface area contributed by atoms with Crippen molar-refractivity contribution in [2.75, 3.05) is 6.54 Å². The minimum Gasteiger partial charge on any atom is -0.472 e. The molecule has 116 valence electrons. The highest BCUT2D eigenvalue weighted by Crippen LogP contribution is 2.24. The zero-order chi connectivity index (χ0) is 15.6. The molecular formula is C16H24N2O3. The van der Waals surface area contributed by atoms with Crippen LogP contribution in [0.25, 0.3) is 0 Å². The Morgan fingerprint density at radius 1 is 1.38 bits per heavy atom. The van der Waals surface area contributed by atoms with Gasteiger partial charge in [0.15, 0.2) is 0 Å². The van der Waals surface area contributed by atoms with Gasteiger partial charge < -0.3 is 14.4 Å². The number of pyridine rings is 1. The number of ether oxygens (including phenoxy) is 2. The lowest BCUT2D eigenvalue weighted by Crippen LogP contribution is -2.39. The SMILES string of the molecule is Cc1ccc(O[C@@H]2C[C@H](C)N(C(=O)OC(C)(C)C)C2)nc1. The fourth-order valence-electron chi connectivity index (χ4n) is 2.34. The minimum absolute atomic E-state index is 0.0391. The number of carbonyl (C=O) groups excluding carboxylic acids is 1. The largest absolute Gasteiger partial charge is 0.472 e. The van der Waals surface area contributed by atoms with E-state index in [0.29, 0.717) is 12.4 Å². The van der Waals surface area contributed by atoms with E-state index in [4.69, 9.17) is 9.47 Å². The zero-order valence-corrected chi connectivity index (χ0v) is 13.4. The average molecular weight is 292 g/mol. The molecule has 0 unspecified atom stereocenters. The number of likely N-dealkylation sites (tertiary alicyclic amines) is 1. The van der Waals surface area contributed by atoms with Gasteiger partial charge in [0.25, 0.3) is 0 Å². The summed E-state index contributed by atoms with van der Waals surface area (Å²) in [6.07, 6.45) is 2.24. The van der Waals surface area contributed by atoms with Crippen LogP contribution in [-0.4, -0.2) is 40.3 Å². The molecule has 1 amide bonds. The first kappa shape index (κ1) is 15.6. The van der Waals surface area contributed by atoms with Crippen molar-refractivity contribution < 1.29 is 14.3 Å². The fourth-order valence-corrected chi connectivity index (χ4v) is 2.34. The summed E-state index contributed by atoms with van der Waals surface area (Å²) in [4.78, 5) is 18.1. The topological polar surface area (TPSA) is 51.7 Å². The summed E-state index contributed by atoms with van der Waals surface area (Å²) >= 11 is 0. The second kappa shape index (κ2) is 5.92. The predicted octanol–water partition coefficient (Wildman–Crippen LogP) is 3.17. The van der Waals surface area contributed by atoms with Crippen molar-refractivity contribution in [3.05, 3.63) is 23.9 Å². The molecular weight excluding hydrogens is 268 g/mol. The van der Waals surface area contributed by atoms with E-state index in [-0.39, 0.29) is 18.2 Å². The number of nitrogens with zero attached hydrogens (tertiary/aromatic N) is 2. The third kappa shape index (κ3) is 4.34. The van der Waals surface area contributed by atoms with Gasteiger partial charge in [-0.1, -0.05) is 6.07 Å². The van der Waals surface area contributed by atoms with Crippen LogP contribution in [0.5, 0.6) is 5.88 Å². The van der Waals surface area contributed by atoms with E-state index in [9.17, 15) is 4.79 Å². The molecule has 0 radical (unpaired) electrons. The first-order valence-electron chi connectivity index (χ1n) is 7.33. The average Bonchev–Trinajstić information content (AvgIpc) is 2.71. The van der Waals surface area contributed by atoms with Crippen molar-refractivity contribution >= 4 is 6.09 Å². The van der Waals surface area contributed by atoms with Crippen molar-refractivity contribution in [3.8, 4) is 5.88 Å². The van der Waals surface area contributed by atoms with Crippen molar-refractivity contribution in [2.24, 2.45) is 0 Å². The molecule has 0 aromatic carbocycles. The summed E-state index contributed by atoms with van der Waals surface area (Å²) in [6, 6.07) is 3.93. The standard InChI is InChI=1S/C16H24N2O3/c1-11-6-7-14(17-9-11)20-13-8-12(2)18(10-13)15(19)21-16(3,4)5/h6-7,9,12-13H,8,10H2,1-5H3/t12-,13+/m0/s1. The van der Waals surface area contributed by atoms with Gasteiger partial charge in [0.05, 0.1) is 6.54 Å². The molecule has 1 aromatic rings. The molecule has 1 saturated heterocycles. The number of amides is 1. The van der Waals surface area contributed by atoms with Crippen LogP contribution < -0.4 is 4.74 Å². The van der Waals surface area contributed by atoms with Gasteiger partial charge in [-0.05, 0) is 40.2 Å². The van der Waals surface area contributed by atoms with Gasteiger partial charge in [0, 0.05) is 24.7 Å². The summed E-state index contributed by atoms with van der Waals surface area (Å²) < 4.78 is 11.3. The first-order chi connectivity index (χ1) is 9.74.